The lowest BCUT2D eigenvalue weighted by Crippen LogP contribution is -2.18. The summed E-state index contributed by atoms with van der Waals surface area (Å²) in [7, 11) is 0. The number of rotatable bonds is 1. The summed E-state index contributed by atoms with van der Waals surface area (Å²) < 4.78 is 0. The van der Waals surface area contributed by atoms with Crippen LogP contribution in [0.3, 0.4) is 0 Å². The van der Waals surface area contributed by atoms with Gasteiger partial charge in [-0.3, -0.25) is 0 Å². The Balaban J connectivity index is 2.24. The molecule has 4 atom stereocenters. The molecule has 72 valence electrons. The first-order chi connectivity index (χ1) is 6.24. The van der Waals surface area contributed by atoms with Gasteiger partial charge < -0.3 is 0 Å². The highest BCUT2D eigenvalue weighted by atomic mass is 32.1. The molecule has 2 rings (SSSR count). The van der Waals surface area contributed by atoms with Gasteiger partial charge in [-0.25, -0.2) is 0 Å². The Morgan fingerprint density at radius 1 is 1.54 bits per heavy atom. The smallest absolute Gasteiger partial charge is 0.00636 e. The van der Waals surface area contributed by atoms with Crippen molar-refractivity contribution in [1.29, 1.82) is 0 Å². The number of allylic oxidation sites excluding steroid dienone is 4. The summed E-state index contributed by atoms with van der Waals surface area (Å²) in [5, 5.41) is 0. The van der Waals surface area contributed by atoms with Gasteiger partial charge in [0.25, 0.3) is 0 Å². The molecule has 13 heavy (non-hydrogen) atoms. The van der Waals surface area contributed by atoms with Gasteiger partial charge >= 0.3 is 0 Å². The second-order valence-electron chi connectivity index (χ2n) is 4.55. The van der Waals surface area contributed by atoms with E-state index < -0.39 is 0 Å². The first kappa shape index (κ1) is 9.39. The number of fused-ring (bicyclic) bond motifs is 1. The Hall–Kier alpha value is -0.170. The molecule has 0 aromatic rings. The molecule has 0 bridgehead atoms. The Kier molecular flexibility index (Phi) is 2.55. The van der Waals surface area contributed by atoms with Crippen molar-refractivity contribution in [3.05, 3.63) is 23.8 Å². The Bertz CT molecular complexity index is 252. The van der Waals surface area contributed by atoms with Gasteiger partial charge in [0.2, 0.25) is 0 Å². The summed E-state index contributed by atoms with van der Waals surface area (Å²) in [5.74, 6) is 4.29. The van der Waals surface area contributed by atoms with Crippen LogP contribution >= 0.6 is 12.6 Å². The lowest BCUT2D eigenvalue weighted by Gasteiger charge is -2.26. The maximum Gasteiger partial charge on any atom is -0.00636 e. The summed E-state index contributed by atoms with van der Waals surface area (Å²) in [4.78, 5) is 0. The van der Waals surface area contributed by atoms with Crippen LogP contribution < -0.4 is 0 Å². The van der Waals surface area contributed by atoms with Crippen molar-refractivity contribution in [2.24, 2.45) is 23.7 Å². The van der Waals surface area contributed by atoms with Gasteiger partial charge in [-0.1, -0.05) is 30.7 Å². The van der Waals surface area contributed by atoms with E-state index in [2.05, 4.69) is 44.7 Å². The Morgan fingerprint density at radius 3 is 3.00 bits per heavy atom. The van der Waals surface area contributed by atoms with E-state index in [1.807, 2.05) is 0 Å². The molecule has 0 aromatic heterocycles. The van der Waals surface area contributed by atoms with Crippen LogP contribution in [0.4, 0.5) is 0 Å². The van der Waals surface area contributed by atoms with E-state index in [-0.39, 0.29) is 0 Å². The van der Waals surface area contributed by atoms with E-state index in [1.165, 1.54) is 6.42 Å². The third-order valence-electron chi connectivity index (χ3n) is 3.70. The van der Waals surface area contributed by atoms with E-state index in [1.54, 1.807) is 5.57 Å². The minimum atomic E-state index is 0.775. The van der Waals surface area contributed by atoms with E-state index in [9.17, 15) is 0 Å². The summed E-state index contributed by atoms with van der Waals surface area (Å²) in [6.07, 6.45) is 8.25. The quantitative estimate of drug-likeness (QED) is 0.608. The molecule has 1 fully saturated rings. The maximum absolute atomic E-state index is 4.45. The van der Waals surface area contributed by atoms with Crippen molar-refractivity contribution in [3.8, 4) is 0 Å². The average molecular weight is 194 g/mol. The van der Waals surface area contributed by atoms with Crippen LogP contribution in [0.1, 0.15) is 20.3 Å². The number of hydrogen-bond donors (Lipinski definition) is 1. The lowest BCUT2D eigenvalue weighted by atomic mass is 9.80. The zero-order valence-corrected chi connectivity index (χ0v) is 9.30. The van der Waals surface area contributed by atoms with Gasteiger partial charge in [-0.2, -0.15) is 12.6 Å². The zero-order chi connectivity index (χ0) is 9.42. The SMILES string of the molecule is CC1=CC=CC2C(CS)CC(C)C12. The molecule has 0 aromatic carbocycles. The molecule has 2 aliphatic rings. The lowest BCUT2D eigenvalue weighted by molar-refractivity contribution is 0.408. The first-order valence-electron chi connectivity index (χ1n) is 5.20. The minimum Gasteiger partial charge on any atom is -0.179 e. The van der Waals surface area contributed by atoms with Gasteiger partial charge in [0, 0.05) is 0 Å². The zero-order valence-electron chi connectivity index (χ0n) is 8.40. The fourth-order valence-corrected chi connectivity index (χ4v) is 3.52. The van der Waals surface area contributed by atoms with E-state index >= 15 is 0 Å². The van der Waals surface area contributed by atoms with Gasteiger partial charge in [0.15, 0.2) is 0 Å². The van der Waals surface area contributed by atoms with Gasteiger partial charge in [0.1, 0.15) is 0 Å². The van der Waals surface area contributed by atoms with Crippen LogP contribution in [0, 0.1) is 23.7 Å². The molecule has 0 heterocycles. The van der Waals surface area contributed by atoms with Crippen molar-refractivity contribution in [2.45, 2.75) is 20.3 Å². The van der Waals surface area contributed by atoms with Crippen LogP contribution in [0.25, 0.3) is 0 Å². The van der Waals surface area contributed by atoms with Gasteiger partial charge in [0.05, 0.1) is 0 Å². The van der Waals surface area contributed by atoms with Crippen molar-refractivity contribution in [3.63, 3.8) is 0 Å². The minimum absolute atomic E-state index is 0.775. The van der Waals surface area contributed by atoms with Gasteiger partial charge in [-0.05, 0) is 42.8 Å². The third kappa shape index (κ3) is 1.48. The van der Waals surface area contributed by atoms with Crippen LogP contribution in [0.5, 0.6) is 0 Å². The molecule has 0 nitrogen and oxygen atoms in total. The predicted octanol–water partition coefficient (Wildman–Crippen LogP) is 3.32. The fraction of sp³-hybridized carbons (Fsp3) is 0.667. The molecule has 2 aliphatic carbocycles. The molecule has 1 heteroatoms. The summed E-state index contributed by atoms with van der Waals surface area (Å²) in [6, 6.07) is 0. The molecule has 0 radical (unpaired) electrons. The third-order valence-corrected chi connectivity index (χ3v) is 4.17. The molecule has 4 unspecified atom stereocenters. The second kappa shape index (κ2) is 3.53. The Labute approximate surface area is 86.5 Å². The summed E-state index contributed by atoms with van der Waals surface area (Å²) >= 11 is 4.45. The number of hydrogen-bond acceptors (Lipinski definition) is 1. The van der Waals surface area contributed by atoms with Crippen LogP contribution in [-0.4, -0.2) is 5.75 Å². The van der Waals surface area contributed by atoms with E-state index in [4.69, 9.17) is 0 Å². The normalized spacial score (nSPS) is 43.2. The molecular weight excluding hydrogens is 176 g/mol. The average Bonchev–Trinajstić information content (AvgIpc) is 2.44. The standard InChI is InChI=1S/C12H18S/c1-8-4-3-5-11-10(7-13)6-9(2)12(8)11/h3-5,9-13H,6-7H2,1-2H3. The highest BCUT2D eigenvalue weighted by Crippen LogP contribution is 2.47. The van der Waals surface area contributed by atoms with Crippen molar-refractivity contribution in [2.75, 3.05) is 5.75 Å². The number of thiol groups is 1. The molecule has 1 saturated carbocycles. The van der Waals surface area contributed by atoms with Crippen molar-refractivity contribution >= 4 is 12.6 Å². The monoisotopic (exact) mass is 194 g/mol. The summed E-state index contributed by atoms with van der Waals surface area (Å²) in [6.45, 7) is 4.66. The largest absolute Gasteiger partial charge is 0.179 e. The maximum atomic E-state index is 4.45. The highest BCUT2D eigenvalue weighted by Gasteiger charge is 2.40. The highest BCUT2D eigenvalue weighted by molar-refractivity contribution is 7.80. The first-order valence-corrected chi connectivity index (χ1v) is 5.83. The van der Waals surface area contributed by atoms with Crippen LogP contribution in [-0.2, 0) is 0 Å². The molecular formula is C12H18S. The molecule has 0 saturated heterocycles. The second-order valence-corrected chi connectivity index (χ2v) is 4.92. The summed E-state index contributed by atoms with van der Waals surface area (Å²) in [5.41, 5.74) is 1.57. The van der Waals surface area contributed by atoms with Crippen LogP contribution in [0.2, 0.25) is 0 Å². The fourth-order valence-electron chi connectivity index (χ4n) is 3.13. The molecule has 0 amide bonds. The topological polar surface area (TPSA) is 0 Å². The van der Waals surface area contributed by atoms with E-state index in [0.717, 1.165) is 29.4 Å². The van der Waals surface area contributed by atoms with Crippen molar-refractivity contribution in [1.82, 2.24) is 0 Å². The van der Waals surface area contributed by atoms with Gasteiger partial charge in [-0.15, -0.1) is 0 Å². The predicted molar refractivity (Wildman–Crippen MR) is 61.0 cm³/mol. The van der Waals surface area contributed by atoms with E-state index in [0.29, 0.717) is 0 Å². The molecule has 0 N–H and O–H groups in total. The van der Waals surface area contributed by atoms with Crippen molar-refractivity contribution < 1.29 is 0 Å². The Morgan fingerprint density at radius 2 is 2.31 bits per heavy atom. The molecule has 0 spiro atoms. The van der Waals surface area contributed by atoms with Crippen LogP contribution in [0.15, 0.2) is 23.8 Å². The molecule has 0 aliphatic heterocycles.